The van der Waals surface area contributed by atoms with Gasteiger partial charge in [0.25, 0.3) is 0 Å². The summed E-state index contributed by atoms with van der Waals surface area (Å²) in [4.78, 5) is 2.43. The number of hydrogen-bond donors (Lipinski definition) is 1. The van der Waals surface area contributed by atoms with Crippen molar-refractivity contribution in [2.45, 2.75) is 76.9 Å². The van der Waals surface area contributed by atoms with Crippen LogP contribution in [0.5, 0.6) is 0 Å². The van der Waals surface area contributed by atoms with Crippen LogP contribution in [0.4, 0.5) is 0 Å². The average molecular weight is 500 g/mol. The zero-order valence-electron chi connectivity index (χ0n) is 22.7. The van der Waals surface area contributed by atoms with Crippen LogP contribution in [0, 0.1) is 0 Å². The molecule has 0 amide bonds. The van der Waals surface area contributed by atoms with E-state index in [1.54, 1.807) is 0 Å². The Morgan fingerprint density at radius 3 is 2.06 bits per heavy atom. The molecule has 0 radical (unpaired) electrons. The van der Waals surface area contributed by atoms with Crippen molar-refractivity contribution in [2.24, 2.45) is 0 Å². The molecule has 3 saturated heterocycles. The lowest BCUT2D eigenvalue weighted by Gasteiger charge is -2.47. The normalized spacial score (nSPS) is 33.0. The van der Waals surface area contributed by atoms with Crippen LogP contribution >= 0.6 is 7.67 Å². The maximum Gasteiger partial charge on any atom is 0.346 e. The van der Waals surface area contributed by atoms with Crippen LogP contribution in [0.25, 0.3) is 0 Å². The standard InChI is InChI=1S/C22H47B2N4O5P/c1-21(2,3)26-11-17(32-19(23)13-26)16-31-34(29,27-9-7-25-8-10-27)28-12-18(33-20(24)14-28)15-30-22(4,5)6/h17-20,25H,7-16,23-24H2,1-6H3. The molecule has 0 aromatic rings. The maximum absolute atomic E-state index is 14.7. The predicted molar refractivity (Wildman–Crippen MR) is 141 cm³/mol. The summed E-state index contributed by atoms with van der Waals surface area (Å²) < 4.78 is 43.5. The van der Waals surface area contributed by atoms with Crippen LogP contribution in [0.1, 0.15) is 41.5 Å². The molecule has 9 nitrogen and oxygen atoms in total. The minimum absolute atomic E-state index is 0.0514. The summed E-state index contributed by atoms with van der Waals surface area (Å²) in [6, 6.07) is 0.0620. The number of nitrogens with one attached hydrogen (secondary N) is 1. The van der Waals surface area contributed by atoms with Crippen molar-refractivity contribution in [3.63, 3.8) is 0 Å². The maximum atomic E-state index is 14.7. The number of ether oxygens (including phenoxy) is 3. The second-order valence-corrected chi connectivity index (χ2v) is 14.4. The number of hydrogen-bond acceptors (Lipinski definition) is 7. The Bertz CT molecular complexity index is 702. The first kappa shape index (κ1) is 28.6. The summed E-state index contributed by atoms with van der Waals surface area (Å²) in [5, 5.41) is 3.37. The quantitative estimate of drug-likeness (QED) is 0.383. The van der Waals surface area contributed by atoms with Gasteiger partial charge in [-0.25, -0.2) is 9.34 Å². The average Bonchev–Trinajstić information content (AvgIpc) is 2.75. The molecule has 5 atom stereocenters. The molecular weight excluding hydrogens is 453 g/mol. The molecule has 3 aliphatic rings. The molecule has 0 aromatic carbocycles. The summed E-state index contributed by atoms with van der Waals surface area (Å²) in [6.07, 6.45) is -0.261. The van der Waals surface area contributed by atoms with E-state index in [4.69, 9.17) is 18.7 Å². The smallest absolute Gasteiger partial charge is 0.346 e. The molecule has 0 aliphatic carbocycles. The minimum atomic E-state index is -3.26. The van der Waals surface area contributed by atoms with Gasteiger partial charge in [-0.05, 0) is 41.5 Å². The lowest BCUT2D eigenvalue weighted by atomic mass is 9.94. The third-order valence-electron chi connectivity index (χ3n) is 6.52. The largest absolute Gasteiger partial charge is 0.379 e. The van der Waals surface area contributed by atoms with E-state index in [0.29, 0.717) is 39.4 Å². The lowest BCUT2D eigenvalue weighted by Crippen LogP contribution is -2.56. The summed E-state index contributed by atoms with van der Waals surface area (Å²) in [5.41, 5.74) is -0.194. The van der Waals surface area contributed by atoms with Crippen molar-refractivity contribution < 1.29 is 23.3 Å². The topological polar surface area (TPSA) is 75.7 Å². The van der Waals surface area contributed by atoms with Crippen LogP contribution in [0.3, 0.4) is 0 Å². The van der Waals surface area contributed by atoms with Crippen molar-refractivity contribution in [1.29, 1.82) is 0 Å². The minimum Gasteiger partial charge on any atom is -0.379 e. The highest BCUT2D eigenvalue weighted by Gasteiger charge is 2.44. The molecule has 0 bridgehead atoms. The van der Waals surface area contributed by atoms with E-state index in [9.17, 15) is 4.57 Å². The van der Waals surface area contributed by atoms with Crippen LogP contribution in [0.2, 0.25) is 0 Å². The third kappa shape index (κ3) is 8.02. The van der Waals surface area contributed by atoms with Crippen molar-refractivity contribution >= 4 is 23.4 Å². The Hall–Kier alpha value is 0.0399. The van der Waals surface area contributed by atoms with Gasteiger partial charge >= 0.3 is 7.67 Å². The fourth-order valence-corrected chi connectivity index (χ4v) is 7.35. The van der Waals surface area contributed by atoms with Crippen LogP contribution < -0.4 is 5.32 Å². The molecule has 0 aromatic heterocycles. The molecule has 3 heterocycles. The Balaban J connectivity index is 1.73. The monoisotopic (exact) mass is 500 g/mol. The Morgan fingerprint density at radius 2 is 1.47 bits per heavy atom. The van der Waals surface area contributed by atoms with Gasteiger partial charge in [0.05, 0.1) is 31.0 Å². The summed E-state index contributed by atoms with van der Waals surface area (Å²) in [6.45, 7) is 19.3. The summed E-state index contributed by atoms with van der Waals surface area (Å²) >= 11 is 0. The second-order valence-electron chi connectivity index (χ2n) is 12.0. The third-order valence-corrected chi connectivity index (χ3v) is 9.16. The molecule has 196 valence electrons. The second kappa shape index (κ2) is 11.6. The zero-order valence-corrected chi connectivity index (χ0v) is 23.6. The van der Waals surface area contributed by atoms with Gasteiger partial charge in [-0.15, -0.1) is 0 Å². The van der Waals surface area contributed by atoms with Crippen LogP contribution in [-0.4, -0.2) is 131 Å². The first-order valence-corrected chi connectivity index (χ1v) is 14.5. The molecule has 3 fully saturated rings. The van der Waals surface area contributed by atoms with E-state index < -0.39 is 7.67 Å². The first-order valence-electron chi connectivity index (χ1n) is 12.9. The highest BCUT2D eigenvalue weighted by molar-refractivity contribution is 7.54. The highest BCUT2D eigenvalue weighted by Crippen LogP contribution is 2.55. The van der Waals surface area contributed by atoms with Gasteiger partial charge in [0, 0.05) is 69.9 Å². The Kier molecular flexibility index (Phi) is 9.77. The van der Waals surface area contributed by atoms with Crippen LogP contribution in [0.15, 0.2) is 0 Å². The van der Waals surface area contributed by atoms with E-state index in [0.717, 1.165) is 26.2 Å². The molecule has 5 unspecified atom stereocenters. The van der Waals surface area contributed by atoms with Crippen molar-refractivity contribution in [2.75, 3.05) is 65.6 Å². The van der Waals surface area contributed by atoms with Gasteiger partial charge in [0.2, 0.25) is 0 Å². The van der Waals surface area contributed by atoms with E-state index in [-0.39, 0.29) is 35.4 Å². The summed E-state index contributed by atoms with van der Waals surface area (Å²) in [5.74, 6) is 0. The van der Waals surface area contributed by atoms with Gasteiger partial charge < -0.3 is 24.1 Å². The van der Waals surface area contributed by atoms with E-state index >= 15 is 0 Å². The SMILES string of the molecule is BC1CN(C(C)(C)C)CC(COP(=O)(N2CCNCC2)N2CC(B)OC(COC(C)(C)C)C2)O1. The van der Waals surface area contributed by atoms with E-state index in [2.05, 4.69) is 38.8 Å². The fraction of sp³-hybridized carbons (Fsp3) is 1.00. The van der Waals surface area contributed by atoms with Gasteiger partial charge in [-0.3, -0.25) is 9.46 Å². The molecule has 12 heteroatoms. The number of rotatable bonds is 7. The van der Waals surface area contributed by atoms with E-state index in [1.807, 2.05) is 38.0 Å². The number of nitrogens with zero attached hydrogens (tertiary/aromatic N) is 3. The molecule has 0 saturated carbocycles. The van der Waals surface area contributed by atoms with Gasteiger partial charge in [0.15, 0.2) is 0 Å². The highest BCUT2D eigenvalue weighted by atomic mass is 31.2. The van der Waals surface area contributed by atoms with Gasteiger partial charge in [-0.2, -0.15) is 0 Å². The lowest BCUT2D eigenvalue weighted by molar-refractivity contribution is -0.108. The molecule has 0 spiro atoms. The van der Waals surface area contributed by atoms with Crippen molar-refractivity contribution in [3.8, 4) is 0 Å². The molecule has 3 aliphatic heterocycles. The number of morpholine rings is 2. The molecule has 1 N–H and O–H groups in total. The van der Waals surface area contributed by atoms with Gasteiger partial charge in [-0.1, -0.05) is 0 Å². The first-order chi connectivity index (χ1) is 15.8. The Morgan fingerprint density at radius 1 is 0.882 bits per heavy atom. The van der Waals surface area contributed by atoms with Crippen LogP contribution in [-0.2, 0) is 23.3 Å². The molecular formula is C22H47B2N4O5P. The summed E-state index contributed by atoms with van der Waals surface area (Å²) in [7, 11) is 0.871. The Labute approximate surface area is 208 Å². The molecule has 34 heavy (non-hydrogen) atoms. The van der Waals surface area contributed by atoms with Crippen molar-refractivity contribution in [1.82, 2.24) is 19.6 Å². The predicted octanol–water partition coefficient (Wildman–Crippen LogP) is -0.0501. The van der Waals surface area contributed by atoms with Crippen molar-refractivity contribution in [3.05, 3.63) is 0 Å². The van der Waals surface area contributed by atoms with Gasteiger partial charge in [0.1, 0.15) is 15.7 Å². The zero-order chi connectivity index (χ0) is 25.1. The molecule has 3 rings (SSSR count). The number of piperazine rings is 1. The van der Waals surface area contributed by atoms with E-state index in [1.165, 1.54) is 0 Å². The fourth-order valence-electron chi connectivity index (χ4n) is 4.78.